The van der Waals surface area contributed by atoms with Crippen molar-refractivity contribution >= 4 is 22.5 Å². The number of aryl methyl sites for hydroxylation is 1. The summed E-state index contributed by atoms with van der Waals surface area (Å²) < 4.78 is 0. The van der Waals surface area contributed by atoms with Crippen LogP contribution in [0, 0.1) is 6.92 Å². The molecule has 2 rings (SSSR count). The summed E-state index contributed by atoms with van der Waals surface area (Å²) in [5.41, 5.74) is 3.42. The van der Waals surface area contributed by atoms with Gasteiger partial charge < -0.3 is 5.32 Å². The number of alkyl halides is 1. The van der Waals surface area contributed by atoms with Crippen molar-refractivity contribution in [2.45, 2.75) is 32.9 Å². The molecule has 0 aliphatic rings. The third-order valence-corrected chi connectivity index (χ3v) is 3.56. The average molecular weight is 263 g/mol. The molecule has 0 saturated carbocycles. The van der Waals surface area contributed by atoms with E-state index in [9.17, 15) is 0 Å². The predicted molar refractivity (Wildman–Crippen MR) is 78.1 cm³/mol. The topological polar surface area (TPSA) is 24.9 Å². The third kappa shape index (κ3) is 3.01. The van der Waals surface area contributed by atoms with Gasteiger partial charge in [-0.1, -0.05) is 25.1 Å². The Balaban J connectivity index is 2.26. The van der Waals surface area contributed by atoms with Gasteiger partial charge in [-0.25, -0.2) is 0 Å². The van der Waals surface area contributed by atoms with Gasteiger partial charge in [0.15, 0.2) is 0 Å². The third-order valence-electron chi connectivity index (χ3n) is 3.19. The molecule has 96 valence electrons. The van der Waals surface area contributed by atoms with Gasteiger partial charge in [-0.15, -0.1) is 11.6 Å². The highest BCUT2D eigenvalue weighted by molar-refractivity contribution is 6.18. The molecule has 0 bridgehead atoms. The summed E-state index contributed by atoms with van der Waals surface area (Å²) in [5.74, 6) is 0.651. The minimum Gasteiger partial charge on any atom is -0.309 e. The van der Waals surface area contributed by atoms with Crippen LogP contribution < -0.4 is 5.32 Å². The van der Waals surface area contributed by atoms with Crippen LogP contribution in [0.1, 0.15) is 24.6 Å². The lowest BCUT2D eigenvalue weighted by atomic mass is 10.1. The Labute approximate surface area is 113 Å². The SMILES string of the molecule is CCC(CCl)NCc1cc(C)nc2ccccc12. The lowest BCUT2D eigenvalue weighted by Crippen LogP contribution is -2.29. The summed E-state index contributed by atoms with van der Waals surface area (Å²) in [5, 5.41) is 4.72. The first-order valence-electron chi connectivity index (χ1n) is 6.39. The van der Waals surface area contributed by atoms with Gasteiger partial charge in [0.1, 0.15) is 0 Å². The van der Waals surface area contributed by atoms with E-state index in [0.717, 1.165) is 24.2 Å². The normalized spacial score (nSPS) is 12.8. The summed E-state index contributed by atoms with van der Waals surface area (Å²) in [6.07, 6.45) is 1.05. The Bertz CT molecular complexity index is 521. The maximum Gasteiger partial charge on any atom is 0.0708 e. The van der Waals surface area contributed by atoms with E-state index in [0.29, 0.717) is 11.9 Å². The van der Waals surface area contributed by atoms with E-state index >= 15 is 0 Å². The maximum atomic E-state index is 5.91. The second-order valence-electron chi connectivity index (χ2n) is 4.58. The van der Waals surface area contributed by atoms with E-state index in [1.54, 1.807) is 0 Å². The standard InChI is InChI=1S/C15H19ClN2/c1-3-13(9-16)17-10-12-8-11(2)18-15-7-5-4-6-14(12)15/h4-8,13,17H,3,9-10H2,1-2H3. The number of hydrogen-bond donors (Lipinski definition) is 1. The molecule has 0 spiro atoms. The second kappa shape index (κ2) is 6.17. The number of hydrogen-bond acceptors (Lipinski definition) is 2. The Morgan fingerprint density at radius 1 is 1.33 bits per heavy atom. The van der Waals surface area contributed by atoms with Gasteiger partial charge in [-0.05, 0) is 31.0 Å². The predicted octanol–water partition coefficient (Wildman–Crippen LogP) is 3.65. The summed E-state index contributed by atoms with van der Waals surface area (Å²) in [4.78, 5) is 4.55. The van der Waals surface area contributed by atoms with Crippen LogP contribution in [0.5, 0.6) is 0 Å². The van der Waals surface area contributed by atoms with Crippen molar-refractivity contribution in [3.63, 3.8) is 0 Å². The van der Waals surface area contributed by atoms with Crippen molar-refractivity contribution in [1.29, 1.82) is 0 Å². The molecule has 1 aromatic carbocycles. The molecule has 0 fully saturated rings. The highest BCUT2D eigenvalue weighted by Crippen LogP contribution is 2.18. The van der Waals surface area contributed by atoms with Gasteiger partial charge in [0.25, 0.3) is 0 Å². The van der Waals surface area contributed by atoms with E-state index in [1.165, 1.54) is 10.9 Å². The quantitative estimate of drug-likeness (QED) is 0.832. The zero-order chi connectivity index (χ0) is 13.0. The minimum absolute atomic E-state index is 0.374. The van der Waals surface area contributed by atoms with Crippen molar-refractivity contribution in [3.8, 4) is 0 Å². The number of pyridine rings is 1. The zero-order valence-electron chi connectivity index (χ0n) is 10.9. The Hall–Kier alpha value is -1.12. The second-order valence-corrected chi connectivity index (χ2v) is 4.89. The van der Waals surface area contributed by atoms with Crippen LogP contribution in [0.25, 0.3) is 10.9 Å². The first kappa shape index (κ1) is 13.3. The Morgan fingerprint density at radius 2 is 2.11 bits per heavy atom. The average Bonchev–Trinajstić information content (AvgIpc) is 2.39. The van der Waals surface area contributed by atoms with Crippen LogP contribution in [0.4, 0.5) is 0 Å². The summed E-state index contributed by atoms with van der Waals surface area (Å²) in [6, 6.07) is 10.8. The summed E-state index contributed by atoms with van der Waals surface area (Å²) in [7, 11) is 0. The molecule has 1 unspecified atom stereocenters. The molecule has 0 radical (unpaired) electrons. The van der Waals surface area contributed by atoms with Gasteiger partial charge >= 0.3 is 0 Å². The fourth-order valence-electron chi connectivity index (χ4n) is 2.10. The van der Waals surface area contributed by atoms with Crippen molar-refractivity contribution < 1.29 is 0 Å². The molecule has 0 saturated heterocycles. The molecule has 1 aromatic heterocycles. The molecule has 18 heavy (non-hydrogen) atoms. The Morgan fingerprint density at radius 3 is 2.83 bits per heavy atom. The van der Waals surface area contributed by atoms with E-state index in [1.807, 2.05) is 13.0 Å². The van der Waals surface area contributed by atoms with Gasteiger partial charge in [0, 0.05) is 29.5 Å². The molecule has 3 heteroatoms. The number of rotatable bonds is 5. The molecule has 0 aliphatic heterocycles. The molecular weight excluding hydrogens is 244 g/mol. The van der Waals surface area contributed by atoms with Gasteiger partial charge in [0.05, 0.1) is 5.52 Å². The highest BCUT2D eigenvalue weighted by atomic mass is 35.5. The van der Waals surface area contributed by atoms with Crippen molar-refractivity contribution in [3.05, 3.63) is 41.6 Å². The lowest BCUT2D eigenvalue weighted by molar-refractivity contribution is 0.540. The van der Waals surface area contributed by atoms with Crippen LogP contribution in [-0.2, 0) is 6.54 Å². The molecule has 0 amide bonds. The van der Waals surface area contributed by atoms with Gasteiger partial charge in [0.2, 0.25) is 0 Å². The molecule has 1 N–H and O–H groups in total. The zero-order valence-corrected chi connectivity index (χ0v) is 11.7. The minimum atomic E-state index is 0.374. The van der Waals surface area contributed by atoms with E-state index in [4.69, 9.17) is 11.6 Å². The van der Waals surface area contributed by atoms with E-state index in [-0.39, 0.29) is 0 Å². The van der Waals surface area contributed by atoms with E-state index in [2.05, 4.69) is 41.5 Å². The number of nitrogens with one attached hydrogen (secondary N) is 1. The largest absolute Gasteiger partial charge is 0.309 e. The fourth-order valence-corrected chi connectivity index (χ4v) is 2.43. The van der Waals surface area contributed by atoms with Crippen LogP contribution in [0.2, 0.25) is 0 Å². The molecular formula is C15H19ClN2. The molecule has 1 heterocycles. The molecule has 0 aliphatic carbocycles. The van der Waals surface area contributed by atoms with E-state index < -0.39 is 0 Å². The van der Waals surface area contributed by atoms with Crippen LogP contribution in [0.3, 0.4) is 0 Å². The number of aromatic nitrogens is 1. The first-order chi connectivity index (χ1) is 8.74. The first-order valence-corrected chi connectivity index (χ1v) is 6.92. The monoisotopic (exact) mass is 262 g/mol. The number of fused-ring (bicyclic) bond motifs is 1. The number of para-hydroxylation sites is 1. The Kier molecular flexibility index (Phi) is 4.56. The maximum absolute atomic E-state index is 5.91. The van der Waals surface area contributed by atoms with Crippen LogP contribution in [-0.4, -0.2) is 16.9 Å². The van der Waals surface area contributed by atoms with Gasteiger partial charge in [-0.2, -0.15) is 0 Å². The number of halogens is 1. The summed E-state index contributed by atoms with van der Waals surface area (Å²) >= 11 is 5.91. The number of benzene rings is 1. The summed E-state index contributed by atoms with van der Waals surface area (Å²) in [6.45, 7) is 5.03. The number of nitrogens with zero attached hydrogens (tertiary/aromatic N) is 1. The fraction of sp³-hybridized carbons (Fsp3) is 0.400. The molecule has 2 nitrogen and oxygen atoms in total. The molecule has 2 aromatic rings. The smallest absolute Gasteiger partial charge is 0.0708 e. The lowest BCUT2D eigenvalue weighted by Gasteiger charge is -2.15. The molecule has 1 atom stereocenters. The van der Waals surface area contributed by atoms with Crippen molar-refractivity contribution in [1.82, 2.24) is 10.3 Å². The highest BCUT2D eigenvalue weighted by Gasteiger charge is 2.07. The van der Waals surface area contributed by atoms with Crippen molar-refractivity contribution in [2.24, 2.45) is 0 Å². The van der Waals surface area contributed by atoms with Crippen LogP contribution >= 0.6 is 11.6 Å². The van der Waals surface area contributed by atoms with Gasteiger partial charge in [-0.3, -0.25) is 4.98 Å². The van der Waals surface area contributed by atoms with Crippen molar-refractivity contribution in [2.75, 3.05) is 5.88 Å². The van der Waals surface area contributed by atoms with Crippen LogP contribution in [0.15, 0.2) is 30.3 Å².